The second-order valence-corrected chi connectivity index (χ2v) is 5.10. The van der Waals surface area contributed by atoms with E-state index in [4.69, 9.17) is 16.0 Å². The predicted octanol–water partition coefficient (Wildman–Crippen LogP) is 4.93. The maximum absolute atomic E-state index is 5.99. The van der Waals surface area contributed by atoms with Crippen molar-refractivity contribution in [2.75, 3.05) is 7.05 Å². The van der Waals surface area contributed by atoms with Gasteiger partial charge in [-0.3, -0.25) is 0 Å². The maximum atomic E-state index is 5.99. The molecule has 98 valence electrons. The van der Waals surface area contributed by atoms with Crippen LogP contribution in [0.3, 0.4) is 0 Å². The number of hydrogen-bond acceptors (Lipinski definition) is 2. The minimum atomic E-state index is 0.294. The highest BCUT2D eigenvalue weighted by molar-refractivity contribution is 6.31. The average Bonchev–Trinajstić information content (AvgIpc) is 2.77. The molecule has 1 aromatic carbocycles. The summed E-state index contributed by atoms with van der Waals surface area (Å²) in [5.74, 6) is 1.01. The summed E-state index contributed by atoms with van der Waals surface area (Å²) < 4.78 is 5.89. The summed E-state index contributed by atoms with van der Waals surface area (Å²) >= 11 is 5.99. The van der Waals surface area contributed by atoms with E-state index in [1.54, 1.807) is 0 Å². The van der Waals surface area contributed by atoms with Crippen LogP contribution < -0.4 is 5.32 Å². The lowest BCUT2D eigenvalue weighted by molar-refractivity contribution is 0.420. The monoisotopic (exact) mass is 265 g/mol. The van der Waals surface area contributed by atoms with Crippen LogP contribution in [0.2, 0.25) is 5.02 Å². The lowest BCUT2D eigenvalue weighted by Gasteiger charge is -2.12. The van der Waals surface area contributed by atoms with Gasteiger partial charge in [-0.15, -0.1) is 0 Å². The Balaban J connectivity index is 2.17. The van der Waals surface area contributed by atoms with Crippen molar-refractivity contribution in [3.05, 3.63) is 35.0 Å². The third-order valence-corrected chi connectivity index (χ3v) is 3.52. The van der Waals surface area contributed by atoms with Crippen LogP contribution in [0, 0.1) is 0 Å². The number of benzene rings is 1. The molecule has 1 aromatic heterocycles. The Morgan fingerprint density at radius 1 is 1.28 bits per heavy atom. The van der Waals surface area contributed by atoms with E-state index in [9.17, 15) is 0 Å². The first-order chi connectivity index (χ1) is 8.74. The molecule has 0 aliphatic heterocycles. The quantitative estimate of drug-likeness (QED) is 0.750. The van der Waals surface area contributed by atoms with E-state index >= 15 is 0 Å². The molecule has 1 unspecified atom stereocenters. The third kappa shape index (κ3) is 3.06. The summed E-state index contributed by atoms with van der Waals surface area (Å²) in [5.41, 5.74) is 0.908. The van der Waals surface area contributed by atoms with E-state index in [2.05, 4.69) is 18.3 Å². The van der Waals surface area contributed by atoms with Crippen LogP contribution >= 0.6 is 11.6 Å². The predicted molar refractivity (Wildman–Crippen MR) is 77.2 cm³/mol. The van der Waals surface area contributed by atoms with Crippen molar-refractivity contribution < 1.29 is 4.42 Å². The number of halogens is 1. The van der Waals surface area contributed by atoms with Gasteiger partial charge in [-0.05, 0) is 37.7 Å². The number of nitrogens with one attached hydrogen (secondary N) is 1. The van der Waals surface area contributed by atoms with Crippen molar-refractivity contribution in [3.8, 4) is 0 Å². The zero-order chi connectivity index (χ0) is 13.0. The van der Waals surface area contributed by atoms with Crippen molar-refractivity contribution in [1.29, 1.82) is 0 Å². The highest BCUT2D eigenvalue weighted by atomic mass is 35.5. The Hall–Kier alpha value is -0.990. The summed E-state index contributed by atoms with van der Waals surface area (Å²) in [5, 5.41) is 5.15. The molecule has 3 heteroatoms. The number of fused-ring (bicyclic) bond motifs is 1. The molecule has 2 rings (SSSR count). The molecule has 0 amide bonds. The van der Waals surface area contributed by atoms with Gasteiger partial charge in [-0.2, -0.15) is 0 Å². The van der Waals surface area contributed by atoms with Gasteiger partial charge in [-0.25, -0.2) is 0 Å². The fourth-order valence-corrected chi connectivity index (χ4v) is 2.41. The van der Waals surface area contributed by atoms with Crippen LogP contribution in [-0.2, 0) is 0 Å². The van der Waals surface area contributed by atoms with Crippen molar-refractivity contribution in [2.24, 2.45) is 0 Å². The van der Waals surface area contributed by atoms with Crippen molar-refractivity contribution in [2.45, 2.75) is 38.6 Å². The van der Waals surface area contributed by atoms with Crippen molar-refractivity contribution in [1.82, 2.24) is 5.32 Å². The zero-order valence-corrected chi connectivity index (χ0v) is 11.8. The summed E-state index contributed by atoms with van der Waals surface area (Å²) in [6, 6.07) is 8.13. The molecule has 2 nitrogen and oxygen atoms in total. The number of hydrogen-bond donors (Lipinski definition) is 1. The van der Waals surface area contributed by atoms with E-state index in [1.165, 1.54) is 19.3 Å². The fourth-order valence-electron chi connectivity index (χ4n) is 2.23. The Bertz CT molecular complexity index is 506. The van der Waals surface area contributed by atoms with E-state index in [-0.39, 0.29) is 0 Å². The summed E-state index contributed by atoms with van der Waals surface area (Å²) in [6.45, 7) is 2.22. The smallest absolute Gasteiger partial charge is 0.134 e. The SMILES string of the molecule is CCCCCC(NC)c1cc2cc(Cl)ccc2o1. The fraction of sp³-hybridized carbons (Fsp3) is 0.467. The van der Waals surface area contributed by atoms with Gasteiger partial charge in [0.15, 0.2) is 0 Å². The minimum absolute atomic E-state index is 0.294. The lowest BCUT2D eigenvalue weighted by Crippen LogP contribution is -2.15. The average molecular weight is 266 g/mol. The van der Waals surface area contributed by atoms with Gasteiger partial charge < -0.3 is 9.73 Å². The zero-order valence-electron chi connectivity index (χ0n) is 11.0. The van der Waals surface area contributed by atoms with Crippen LogP contribution in [0.25, 0.3) is 11.0 Å². The van der Waals surface area contributed by atoms with Crippen LogP contribution in [0.1, 0.15) is 44.4 Å². The molecule has 0 bridgehead atoms. The molecule has 0 saturated carbocycles. The van der Waals surface area contributed by atoms with Crippen LogP contribution in [0.5, 0.6) is 0 Å². The Kier molecular flexibility index (Phi) is 4.67. The molecule has 2 aromatic rings. The van der Waals surface area contributed by atoms with Gasteiger partial charge in [0.1, 0.15) is 11.3 Å². The van der Waals surface area contributed by atoms with Gasteiger partial charge in [0.05, 0.1) is 6.04 Å². The first-order valence-corrected chi connectivity index (χ1v) is 6.98. The topological polar surface area (TPSA) is 25.2 Å². The van der Waals surface area contributed by atoms with Crippen molar-refractivity contribution in [3.63, 3.8) is 0 Å². The molecule has 0 aliphatic carbocycles. The molecule has 1 heterocycles. The van der Waals surface area contributed by atoms with E-state index in [0.717, 1.165) is 28.2 Å². The molecular weight excluding hydrogens is 246 g/mol. The Morgan fingerprint density at radius 2 is 2.11 bits per heavy atom. The van der Waals surface area contributed by atoms with E-state index in [1.807, 2.05) is 25.2 Å². The largest absolute Gasteiger partial charge is 0.459 e. The molecule has 1 N–H and O–H groups in total. The summed E-state index contributed by atoms with van der Waals surface area (Å²) in [4.78, 5) is 0. The highest BCUT2D eigenvalue weighted by Gasteiger charge is 2.14. The van der Waals surface area contributed by atoms with E-state index < -0.39 is 0 Å². The lowest BCUT2D eigenvalue weighted by atomic mass is 10.1. The van der Waals surface area contributed by atoms with Gasteiger partial charge in [0, 0.05) is 10.4 Å². The summed E-state index contributed by atoms with van der Waals surface area (Å²) in [7, 11) is 1.98. The van der Waals surface area contributed by atoms with E-state index in [0.29, 0.717) is 6.04 Å². The Morgan fingerprint density at radius 3 is 2.83 bits per heavy atom. The van der Waals surface area contributed by atoms with Crippen LogP contribution in [-0.4, -0.2) is 7.05 Å². The summed E-state index contributed by atoms with van der Waals surface area (Å²) in [6.07, 6.45) is 4.84. The van der Waals surface area contributed by atoms with Gasteiger partial charge >= 0.3 is 0 Å². The standard InChI is InChI=1S/C15H20ClNO/c1-3-4-5-6-13(17-2)15-10-11-9-12(16)7-8-14(11)18-15/h7-10,13,17H,3-6H2,1-2H3. The molecule has 0 aliphatic rings. The maximum Gasteiger partial charge on any atom is 0.134 e. The number of unbranched alkanes of at least 4 members (excludes halogenated alkanes) is 2. The van der Waals surface area contributed by atoms with Crippen LogP contribution in [0.15, 0.2) is 28.7 Å². The molecule has 0 fully saturated rings. The number of rotatable bonds is 6. The Labute approximate surface area is 113 Å². The molecule has 0 saturated heterocycles. The molecular formula is C15H20ClNO. The highest BCUT2D eigenvalue weighted by Crippen LogP contribution is 2.28. The molecule has 18 heavy (non-hydrogen) atoms. The molecule has 0 radical (unpaired) electrons. The number of furan rings is 1. The third-order valence-electron chi connectivity index (χ3n) is 3.29. The van der Waals surface area contributed by atoms with Gasteiger partial charge in [0.2, 0.25) is 0 Å². The van der Waals surface area contributed by atoms with Gasteiger partial charge in [-0.1, -0.05) is 37.8 Å². The normalized spacial score (nSPS) is 13.1. The first-order valence-electron chi connectivity index (χ1n) is 6.61. The second-order valence-electron chi connectivity index (χ2n) is 4.67. The van der Waals surface area contributed by atoms with Crippen LogP contribution in [0.4, 0.5) is 0 Å². The van der Waals surface area contributed by atoms with Crippen molar-refractivity contribution >= 4 is 22.6 Å². The first kappa shape index (κ1) is 13.4. The molecule has 0 spiro atoms. The minimum Gasteiger partial charge on any atom is -0.459 e. The van der Waals surface area contributed by atoms with Gasteiger partial charge in [0.25, 0.3) is 0 Å². The molecule has 1 atom stereocenters. The second kappa shape index (κ2) is 6.26.